The number of pyridine rings is 1. The van der Waals surface area contributed by atoms with Crippen molar-refractivity contribution in [3.05, 3.63) is 54.0 Å². The lowest BCUT2D eigenvalue weighted by atomic mass is 9.95. The molecule has 4 aromatic rings. The lowest BCUT2D eigenvalue weighted by molar-refractivity contribution is 0.108. The summed E-state index contributed by atoms with van der Waals surface area (Å²) in [4.78, 5) is 29.4. The minimum Gasteiger partial charge on any atom is -0.461 e. The Bertz CT molecular complexity index is 1620. The summed E-state index contributed by atoms with van der Waals surface area (Å²) in [6, 6.07) is 11.5. The molecule has 10 heteroatoms. The maximum absolute atomic E-state index is 16.4. The van der Waals surface area contributed by atoms with Gasteiger partial charge < -0.3 is 20.7 Å². The number of primary amides is 1. The van der Waals surface area contributed by atoms with Crippen LogP contribution in [0.3, 0.4) is 0 Å². The van der Waals surface area contributed by atoms with Crippen molar-refractivity contribution < 1.29 is 13.9 Å². The summed E-state index contributed by atoms with van der Waals surface area (Å²) in [6.07, 6.45) is 6.09. The Balaban J connectivity index is 1.30. The zero-order valence-electron chi connectivity index (χ0n) is 22.5. The minimum absolute atomic E-state index is 0.00427. The molecular formula is C30H32FN7O2. The molecular weight excluding hydrogens is 509 g/mol. The first-order chi connectivity index (χ1) is 19.4. The summed E-state index contributed by atoms with van der Waals surface area (Å²) in [5, 5.41) is 5.79. The summed E-state index contributed by atoms with van der Waals surface area (Å²) in [7, 11) is 0. The third kappa shape index (κ3) is 4.09. The molecule has 0 bridgehead atoms. The van der Waals surface area contributed by atoms with Gasteiger partial charge in [-0.15, -0.1) is 0 Å². The van der Waals surface area contributed by atoms with Crippen molar-refractivity contribution in [3.63, 3.8) is 0 Å². The van der Waals surface area contributed by atoms with E-state index >= 15 is 4.39 Å². The average Bonchev–Trinajstić information content (AvgIpc) is 3.50. The minimum atomic E-state index is -0.516. The van der Waals surface area contributed by atoms with Crippen LogP contribution >= 0.6 is 0 Å². The molecule has 0 aliphatic carbocycles. The van der Waals surface area contributed by atoms with Crippen LogP contribution in [0.1, 0.15) is 31.2 Å². The van der Waals surface area contributed by atoms with Crippen LogP contribution in [-0.2, 0) is 0 Å². The summed E-state index contributed by atoms with van der Waals surface area (Å²) < 4.78 is 22.7. The second-order valence-corrected chi connectivity index (χ2v) is 11.3. The molecule has 3 saturated heterocycles. The number of amides is 2. The highest BCUT2D eigenvalue weighted by Gasteiger charge is 2.45. The Kier molecular flexibility index (Phi) is 5.96. The van der Waals surface area contributed by atoms with Crippen molar-refractivity contribution in [3.8, 4) is 17.3 Å². The number of ether oxygens (including phenoxy) is 1. The summed E-state index contributed by atoms with van der Waals surface area (Å²) in [5.41, 5.74) is 7.56. The van der Waals surface area contributed by atoms with Crippen molar-refractivity contribution in [2.45, 2.75) is 44.2 Å². The van der Waals surface area contributed by atoms with Gasteiger partial charge >= 0.3 is 12.0 Å². The zero-order chi connectivity index (χ0) is 27.4. The maximum atomic E-state index is 16.4. The highest BCUT2D eigenvalue weighted by Crippen LogP contribution is 2.40. The van der Waals surface area contributed by atoms with Gasteiger partial charge in [-0.2, -0.15) is 9.97 Å². The second kappa shape index (κ2) is 9.55. The van der Waals surface area contributed by atoms with Crippen molar-refractivity contribution >= 4 is 33.5 Å². The Labute approximate surface area is 231 Å². The number of fused-ring (bicyclic) bond motifs is 3. The fourth-order valence-corrected chi connectivity index (χ4v) is 6.73. The normalized spacial score (nSPS) is 18.7. The molecule has 2 amide bonds. The third-order valence-corrected chi connectivity index (χ3v) is 8.85. The smallest absolute Gasteiger partial charge is 0.319 e. The second-order valence-electron chi connectivity index (χ2n) is 11.3. The number of aryl methyl sites for hydroxylation is 1. The van der Waals surface area contributed by atoms with Crippen LogP contribution < -0.4 is 15.8 Å². The Morgan fingerprint density at radius 2 is 1.90 bits per heavy atom. The molecule has 5 heterocycles. The number of rotatable bonds is 6. The molecule has 0 saturated carbocycles. The van der Waals surface area contributed by atoms with E-state index < -0.39 is 11.8 Å². The highest BCUT2D eigenvalue weighted by atomic mass is 19.1. The van der Waals surface area contributed by atoms with Gasteiger partial charge in [-0.1, -0.05) is 36.4 Å². The molecule has 2 aromatic heterocycles. The predicted octanol–water partition coefficient (Wildman–Crippen LogP) is 4.47. The van der Waals surface area contributed by atoms with Gasteiger partial charge in [0.1, 0.15) is 23.6 Å². The average molecular weight is 542 g/mol. The number of carbonyl (C=O) groups excluding carboxylic acids is 1. The molecule has 9 nitrogen and oxygen atoms in total. The van der Waals surface area contributed by atoms with Crippen LogP contribution in [-0.4, -0.2) is 75.1 Å². The zero-order valence-corrected chi connectivity index (χ0v) is 22.5. The van der Waals surface area contributed by atoms with Gasteiger partial charge in [0.2, 0.25) is 0 Å². The van der Waals surface area contributed by atoms with E-state index in [-0.39, 0.29) is 28.8 Å². The number of halogens is 1. The number of benzene rings is 2. The first kappa shape index (κ1) is 25.0. The number of nitrogens with one attached hydrogen (secondary N) is 1. The van der Waals surface area contributed by atoms with Crippen LogP contribution in [0.15, 0.2) is 42.6 Å². The molecule has 0 atom stereocenters. The van der Waals surface area contributed by atoms with Crippen LogP contribution in [0.4, 0.5) is 15.0 Å². The van der Waals surface area contributed by atoms with Crippen LogP contribution in [0.5, 0.6) is 6.01 Å². The molecule has 206 valence electrons. The van der Waals surface area contributed by atoms with Crippen molar-refractivity contribution in [2.24, 2.45) is 5.73 Å². The molecule has 40 heavy (non-hydrogen) atoms. The van der Waals surface area contributed by atoms with E-state index in [0.717, 1.165) is 55.1 Å². The fourth-order valence-electron chi connectivity index (χ4n) is 6.73. The molecule has 0 spiro atoms. The number of urea groups is 1. The standard InChI is InChI=1S/C30H32FN7O2/c1-18-6-2-7-19-8-3-9-21(23(18)19)25-24(31)26-22(14-33-25)27(34-20-15-37(16-20)28(32)39)36-29(35-26)40-17-30-10-4-12-38(30)13-5-11-30/h2-3,6-9,14,20H,4-5,10-13,15-17H2,1H3,(H2,32,39)(H,34,35,36). The number of nitrogens with zero attached hydrogens (tertiary/aromatic N) is 5. The SMILES string of the molecule is Cc1cccc2cccc(-c3ncc4c(NC5CN(C(N)=O)C5)nc(OCC56CCCN5CCC6)nc4c3F)c12. The molecule has 7 rings (SSSR count). The predicted molar refractivity (Wildman–Crippen MR) is 152 cm³/mol. The summed E-state index contributed by atoms with van der Waals surface area (Å²) >= 11 is 0. The van der Waals surface area contributed by atoms with Crippen LogP contribution in [0, 0.1) is 12.7 Å². The first-order valence-electron chi connectivity index (χ1n) is 14.0. The quantitative estimate of drug-likeness (QED) is 0.371. The molecule has 3 fully saturated rings. The molecule has 0 unspecified atom stereocenters. The van der Waals surface area contributed by atoms with Crippen LogP contribution in [0.25, 0.3) is 32.9 Å². The molecule has 3 aliphatic rings. The van der Waals surface area contributed by atoms with Gasteiger partial charge in [0.15, 0.2) is 5.82 Å². The summed E-state index contributed by atoms with van der Waals surface area (Å²) in [6.45, 7) is 5.54. The topological polar surface area (TPSA) is 110 Å². The lowest BCUT2D eigenvalue weighted by Crippen LogP contribution is -2.58. The summed E-state index contributed by atoms with van der Waals surface area (Å²) in [5.74, 6) is -0.0779. The van der Waals surface area contributed by atoms with Gasteiger partial charge in [-0.3, -0.25) is 9.88 Å². The Morgan fingerprint density at radius 1 is 1.15 bits per heavy atom. The molecule has 3 N–H and O–H groups in total. The Morgan fingerprint density at radius 3 is 2.65 bits per heavy atom. The van der Waals surface area contributed by atoms with E-state index in [0.29, 0.717) is 36.5 Å². The van der Waals surface area contributed by atoms with Crippen molar-refractivity contribution in [2.75, 3.05) is 38.1 Å². The van der Waals surface area contributed by atoms with E-state index in [9.17, 15) is 4.79 Å². The van der Waals surface area contributed by atoms with E-state index in [2.05, 4.69) is 25.2 Å². The van der Waals surface area contributed by atoms with E-state index in [1.165, 1.54) is 4.90 Å². The van der Waals surface area contributed by atoms with Crippen LogP contribution in [0.2, 0.25) is 0 Å². The van der Waals surface area contributed by atoms with E-state index in [1.807, 2.05) is 43.3 Å². The number of likely N-dealkylation sites (tertiary alicyclic amines) is 1. The van der Waals surface area contributed by atoms with Gasteiger partial charge in [0.05, 0.1) is 17.0 Å². The number of carbonyl (C=O) groups is 1. The fraction of sp³-hybridized carbons (Fsp3) is 0.400. The Hall–Kier alpha value is -4.05. The molecule has 0 radical (unpaired) electrons. The number of hydrogen-bond acceptors (Lipinski definition) is 7. The van der Waals surface area contributed by atoms with Crippen molar-refractivity contribution in [1.82, 2.24) is 24.8 Å². The highest BCUT2D eigenvalue weighted by molar-refractivity contribution is 6.00. The number of aromatic nitrogens is 3. The first-order valence-corrected chi connectivity index (χ1v) is 14.0. The van der Waals surface area contributed by atoms with Crippen molar-refractivity contribution in [1.29, 1.82) is 0 Å². The third-order valence-electron chi connectivity index (χ3n) is 8.85. The van der Waals surface area contributed by atoms with Gasteiger partial charge in [-0.05, 0) is 62.0 Å². The monoisotopic (exact) mass is 541 g/mol. The molecule has 2 aromatic carbocycles. The largest absolute Gasteiger partial charge is 0.461 e. The van der Waals surface area contributed by atoms with E-state index in [4.69, 9.17) is 10.5 Å². The number of anilines is 1. The van der Waals surface area contributed by atoms with Gasteiger partial charge in [0.25, 0.3) is 0 Å². The van der Waals surface area contributed by atoms with E-state index in [1.54, 1.807) is 6.20 Å². The number of hydrogen-bond donors (Lipinski definition) is 2. The lowest BCUT2D eigenvalue weighted by Gasteiger charge is -2.38. The van der Waals surface area contributed by atoms with Gasteiger partial charge in [0, 0.05) is 24.8 Å². The number of nitrogens with two attached hydrogens (primary N) is 1. The maximum Gasteiger partial charge on any atom is 0.319 e. The van der Waals surface area contributed by atoms with Gasteiger partial charge in [-0.25, -0.2) is 9.18 Å². The molecule has 3 aliphatic heterocycles.